The summed E-state index contributed by atoms with van der Waals surface area (Å²) in [5.41, 5.74) is 1.34. The predicted octanol–water partition coefficient (Wildman–Crippen LogP) is 3.85. The highest BCUT2D eigenvalue weighted by molar-refractivity contribution is 7.92. The fourth-order valence-corrected chi connectivity index (χ4v) is 2.89. The fourth-order valence-electron chi connectivity index (χ4n) is 1.84. The molecule has 0 aliphatic rings. The number of nitrogens with one attached hydrogen (secondary N) is 1. The van der Waals surface area contributed by atoms with Crippen LogP contribution in [0.2, 0.25) is 0 Å². The Balaban J connectivity index is 2.07. The molecule has 0 spiro atoms. The largest absolute Gasteiger partial charge is 0.494 e. The number of anilines is 1. The molecule has 1 N–H and O–H groups in total. The van der Waals surface area contributed by atoms with Crippen LogP contribution in [0.25, 0.3) is 0 Å². The Morgan fingerprint density at radius 1 is 1.05 bits per heavy atom. The second-order valence-electron chi connectivity index (χ2n) is 4.98. The first-order chi connectivity index (χ1) is 10.5. The summed E-state index contributed by atoms with van der Waals surface area (Å²) in [6, 6.07) is 13.3. The van der Waals surface area contributed by atoms with Crippen molar-refractivity contribution in [3.63, 3.8) is 0 Å². The molecule has 0 unspecified atom stereocenters. The van der Waals surface area contributed by atoms with Crippen molar-refractivity contribution in [2.75, 3.05) is 11.3 Å². The summed E-state index contributed by atoms with van der Waals surface area (Å²) in [6.45, 7) is 6.49. The van der Waals surface area contributed by atoms with Gasteiger partial charge >= 0.3 is 0 Å². The van der Waals surface area contributed by atoms with E-state index in [2.05, 4.69) is 18.6 Å². The first kappa shape index (κ1) is 16.4. The highest BCUT2D eigenvalue weighted by atomic mass is 32.2. The standard InChI is InChI=1S/C17H20NO3S/c1-3-4-13-21-16-9-11-17(12-10-16)22(19,20)18-15-7-5-14(2)6-8-15/h5-12,18H,2-4,13H2,1H3. The number of rotatable bonds is 7. The van der Waals surface area contributed by atoms with E-state index in [0.29, 0.717) is 18.0 Å². The van der Waals surface area contributed by atoms with Gasteiger partial charge in [0.1, 0.15) is 5.75 Å². The molecular formula is C17H20NO3S. The van der Waals surface area contributed by atoms with Gasteiger partial charge in [-0.1, -0.05) is 25.5 Å². The maximum Gasteiger partial charge on any atom is 0.261 e. The number of sulfonamides is 1. The highest BCUT2D eigenvalue weighted by Crippen LogP contribution is 2.19. The Labute approximate surface area is 132 Å². The predicted molar refractivity (Wildman–Crippen MR) is 88.6 cm³/mol. The van der Waals surface area contributed by atoms with E-state index in [0.717, 1.165) is 18.4 Å². The SMILES string of the molecule is [CH2]c1ccc(NS(=O)(=O)c2ccc(OCCCC)cc2)cc1. The van der Waals surface area contributed by atoms with Crippen LogP contribution in [0.3, 0.4) is 0 Å². The van der Waals surface area contributed by atoms with Gasteiger partial charge in [-0.25, -0.2) is 8.42 Å². The van der Waals surface area contributed by atoms with Crippen LogP contribution in [-0.4, -0.2) is 15.0 Å². The van der Waals surface area contributed by atoms with Crippen molar-refractivity contribution in [1.82, 2.24) is 0 Å². The van der Waals surface area contributed by atoms with Gasteiger partial charge in [0.15, 0.2) is 0 Å². The zero-order valence-corrected chi connectivity index (χ0v) is 13.4. The minimum atomic E-state index is -3.59. The molecule has 0 aromatic heterocycles. The molecule has 0 aliphatic heterocycles. The van der Waals surface area contributed by atoms with Crippen LogP contribution in [0.1, 0.15) is 25.3 Å². The van der Waals surface area contributed by atoms with E-state index in [1.54, 1.807) is 48.5 Å². The molecule has 0 heterocycles. The molecule has 0 bridgehead atoms. The number of ether oxygens (including phenoxy) is 1. The Kier molecular flexibility index (Phi) is 5.44. The minimum absolute atomic E-state index is 0.203. The lowest BCUT2D eigenvalue weighted by Crippen LogP contribution is -2.12. The molecule has 5 heteroatoms. The van der Waals surface area contributed by atoms with E-state index in [1.165, 1.54) is 0 Å². The summed E-state index contributed by atoms with van der Waals surface area (Å²) in [7, 11) is -3.59. The summed E-state index contributed by atoms with van der Waals surface area (Å²) in [5, 5.41) is 0. The smallest absolute Gasteiger partial charge is 0.261 e. The van der Waals surface area contributed by atoms with Gasteiger partial charge in [-0.2, -0.15) is 0 Å². The monoisotopic (exact) mass is 318 g/mol. The Bertz CT molecular complexity index is 692. The molecule has 22 heavy (non-hydrogen) atoms. The summed E-state index contributed by atoms with van der Waals surface area (Å²) in [4.78, 5) is 0.203. The normalized spacial score (nSPS) is 11.2. The number of unbranched alkanes of at least 4 members (excludes halogenated alkanes) is 1. The van der Waals surface area contributed by atoms with Gasteiger partial charge < -0.3 is 4.74 Å². The third-order valence-electron chi connectivity index (χ3n) is 3.11. The van der Waals surface area contributed by atoms with Crippen molar-refractivity contribution >= 4 is 15.7 Å². The first-order valence-electron chi connectivity index (χ1n) is 7.19. The molecule has 2 aromatic carbocycles. The van der Waals surface area contributed by atoms with E-state index in [4.69, 9.17) is 4.74 Å². The first-order valence-corrected chi connectivity index (χ1v) is 8.67. The summed E-state index contributed by atoms with van der Waals surface area (Å²) >= 11 is 0. The molecule has 0 saturated carbocycles. The highest BCUT2D eigenvalue weighted by Gasteiger charge is 2.14. The van der Waals surface area contributed by atoms with Crippen molar-refractivity contribution in [2.45, 2.75) is 24.7 Å². The molecule has 2 aromatic rings. The average molecular weight is 318 g/mol. The number of benzene rings is 2. The third-order valence-corrected chi connectivity index (χ3v) is 4.50. The van der Waals surface area contributed by atoms with Gasteiger partial charge in [0, 0.05) is 5.69 Å². The molecule has 117 valence electrons. The molecule has 0 atom stereocenters. The molecule has 0 amide bonds. The average Bonchev–Trinajstić information content (AvgIpc) is 2.50. The molecule has 0 aliphatic carbocycles. The number of hydrogen-bond donors (Lipinski definition) is 1. The second kappa shape index (κ2) is 7.31. The lowest BCUT2D eigenvalue weighted by atomic mass is 10.2. The molecular weight excluding hydrogens is 298 g/mol. The van der Waals surface area contributed by atoms with Gasteiger partial charge in [-0.3, -0.25) is 4.72 Å². The Hall–Kier alpha value is -2.01. The van der Waals surface area contributed by atoms with Gasteiger partial charge in [0.25, 0.3) is 10.0 Å². The van der Waals surface area contributed by atoms with Crippen LogP contribution in [0.4, 0.5) is 5.69 Å². The lowest BCUT2D eigenvalue weighted by Gasteiger charge is -2.09. The van der Waals surface area contributed by atoms with Crippen molar-refractivity contribution in [2.24, 2.45) is 0 Å². The van der Waals surface area contributed by atoms with Crippen molar-refractivity contribution < 1.29 is 13.2 Å². The summed E-state index contributed by atoms with van der Waals surface area (Å²) < 4.78 is 32.6. The minimum Gasteiger partial charge on any atom is -0.494 e. The van der Waals surface area contributed by atoms with Crippen molar-refractivity contribution in [3.05, 3.63) is 61.0 Å². The lowest BCUT2D eigenvalue weighted by molar-refractivity contribution is 0.309. The van der Waals surface area contributed by atoms with E-state index < -0.39 is 10.0 Å². The molecule has 0 saturated heterocycles. The van der Waals surface area contributed by atoms with E-state index in [-0.39, 0.29) is 4.90 Å². The van der Waals surface area contributed by atoms with E-state index >= 15 is 0 Å². The van der Waals surface area contributed by atoms with Crippen LogP contribution < -0.4 is 9.46 Å². The molecule has 0 fully saturated rings. The zero-order chi connectivity index (χ0) is 16.0. The van der Waals surface area contributed by atoms with Gasteiger partial charge in [0.2, 0.25) is 0 Å². The van der Waals surface area contributed by atoms with Crippen molar-refractivity contribution in [3.8, 4) is 5.75 Å². The van der Waals surface area contributed by atoms with Gasteiger partial charge in [0.05, 0.1) is 11.5 Å². The third kappa shape index (κ3) is 4.49. The molecule has 1 radical (unpaired) electrons. The zero-order valence-electron chi connectivity index (χ0n) is 12.6. The van der Waals surface area contributed by atoms with Crippen LogP contribution in [0.5, 0.6) is 5.75 Å². The molecule has 2 rings (SSSR count). The quantitative estimate of drug-likeness (QED) is 0.789. The maximum atomic E-state index is 12.3. The summed E-state index contributed by atoms with van der Waals surface area (Å²) in [6.07, 6.45) is 2.03. The molecule has 4 nitrogen and oxygen atoms in total. The van der Waals surface area contributed by atoms with Crippen LogP contribution >= 0.6 is 0 Å². The van der Waals surface area contributed by atoms with Gasteiger partial charge in [-0.15, -0.1) is 0 Å². The second-order valence-corrected chi connectivity index (χ2v) is 6.66. The Morgan fingerprint density at radius 3 is 2.27 bits per heavy atom. The summed E-state index contributed by atoms with van der Waals surface area (Å²) in [5.74, 6) is 0.675. The van der Waals surface area contributed by atoms with Gasteiger partial charge in [-0.05, 0) is 55.3 Å². The fraction of sp³-hybridized carbons (Fsp3) is 0.235. The maximum absolute atomic E-state index is 12.3. The number of hydrogen-bond acceptors (Lipinski definition) is 3. The Morgan fingerprint density at radius 2 is 1.68 bits per heavy atom. The van der Waals surface area contributed by atoms with Crippen LogP contribution in [-0.2, 0) is 10.0 Å². The van der Waals surface area contributed by atoms with Crippen molar-refractivity contribution in [1.29, 1.82) is 0 Å². The van der Waals surface area contributed by atoms with E-state index in [9.17, 15) is 8.42 Å². The van der Waals surface area contributed by atoms with E-state index in [1.807, 2.05) is 0 Å². The van der Waals surface area contributed by atoms with Crippen LogP contribution in [0, 0.1) is 6.92 Å². The topological polar surface area (TPSA) is 55.4 Å². The van der Waals surface area contributed by atoms with Crippen LogP contribution in [0.15, 0.2) is 53.4 Å².